The number of aliphatic carboxylic acids is 1. The fourth-order valence-corrected chi connectivity index (χ4v) is 3.47. The summed E-state index contributed by atoms with van der Waals surface area (Å²) in [6.07, 6.45) is 9.07. The summed E-state index contributed by atoms with van der Waals surface area (Å²) in [7, 11) is 0. The summed E-state index contributed by atoms with van der Waals surface area (Å²) in [5.41, 5.74) is 3.92. The van der Waals surface area contributed by atoms with Gasteiger partial charge in [0.25, 0.3) is 0 Å². The second-order valence-corrected chi connectivity index (χ2v) is 7.30. The molecule has 0 aromatic carbocycles. The van der Waals surface area contributed by atoms with Crippen molar-refractivity contribution in [3.05, 3.63) is 0 Å². The molecule has 25 heavy (non-hydrogen) atoms. The van der Waals surface area contributed by atoms with Crippen LogP contribution in [-0.2, 0) is 14.3 Å². The highest BCUT2D eigenvalue weighted by Crippen LogP contribution is 2.35. The fourth-order valence-electron chi connectivity index (χ4n) is 3.47. The van der Waals surface area contributed by atoms with Crippen LogP contribution in [0.15, 0.2) is 0 Å². The lowest BCUT2D eigenvalue weighted by Crippen LogP contribution is -2.46. The van der Waals surface area contributed by atoms with Gasteiger partial charge in [-0.2, -0.15) is 0 Å². The van der Waals surface area contributed by atoms with Gasteiger partial charge in [-0.05, 0) is 24.7 Å². The van der Waals surface area contributed by atoms with E-state index in [1.165, 1.54) is 0 Å². The van der Waals surface area contributed by atoms with Crippen molar-refractivity contribution in [2.75, 3.05) is 6.61 Å². The zero-order valence-corrected chi connectivity index (χ0v) is 16.7. The standard InChI is InChI=1S/C20H39NO4/c1-5-9-11-16(7-3)13-20(19(23)24,25-15-18(21)22)14-17(8-4)12-10-6-2/h16-17H,5-15H2,1-4H3,(H2,21,22)(H,23,24). The first-order valence-electron chi connectivity index (χ1n) is 10.0. The molecule has 0 aliphatic rings. The number of unbranched alkanes of at least 4 members (excludes halogenated alkanes) is 2. The molecule has 0 aromatic heterocycles. The van der Waals surface area contributed by atoms with Gasteiger partial charge >= 0.3 is 5.97 Å². The number of carboxylic acid groups (broad SMARTS) is 1. The molecule has 0 heterocycles. The Morgan fingerprint density at radius 3 is 1.68 bits per heavy atom. The van der Waals surface area contributed by atoms with Crippen LogP contribution in [0.2, 0.25) is 0 Å². The average molecular weight is 358 g/mol. The lowest BCUT2D eigenvalue weighted by molar-refractivity contribution is -0.173. The van der Waals surface area contributed by atoms with Gasteiger partial charge in [0.2, 0.25) is 5.91 Å². The van der Waals surface area contributed by atoms with Crippen LogP contribution in [0.25, 0.3) is 0 Å². The van der Waals surface area contributed by atoms with Gasteiger partial charge in [-0.25, -0.2) is 4.79 Å². The summed E-state index contributed by atoms with van der Waals surface area (Å²) in [4.78, 5) is 23.4. The minimum absolute atomic E-state index is 0.285. The normalized spacial score (nSPS) is 16.2. The Hall–Kier alpha value is -1.10. The van der Waals surface area contributed by atoms with Crippen LogP contribution in [0.3, 0.4) is 0 Å². The van der Waals surface area contributed by atoms with Crippen molar-refractivity contribution in [1.82, 2.24) is 0 Å². The molecule has 1 amide bonds. The zero-order valence-electron chi connectivity index (χ0n) is 16.7. The van der Waals surface area contributed by atoms with Gasteiger partial charge in [0.1, 0.15) is 6.61 Å². The predicted octanol–water partition coefficient (Wildman–Crippen LogP) is 4.52. The minimum atomic E-state index is -1.31. The lowest BCUT2D eigenvalue weighted by Gasteiger charge is -2.35. The molecular weight excluding hydrogens is 318 g/mol. The maximum Gasteiger partial charge on any atom is 0.336 e. The Balaban J connectivity index is 5.38. The summed E-state index contributed by atoms with van der Waals surface area (Å²) in [6.45, 7) is 8.13. The van der Waals surface area contributed by atoms with E-state index in [1.807, 2.05) is 0 Å². The van der Waals surface area contributed by atoms with E-state index in [9.17, 15) is 14.7 Å². The Kier molecular flexibility index (Phi) is 12.6. The third-order valence-electron chi connectivity index (χ3n) is 5.20. The monoisotopic (exact) mass is 357 g/mol. The smallest absolute Gasteiger partial charge is 0.336 e. The number of primary amides is 1. The van der Waals surface area contributed by atoms with E-state index in [-0.39, 0.29) is 18.4 Å². The number of carbonyl (C=O) groups excluding carboxylic acids is 1. The number of amides is 1. The summed E-state index contributed by atoms with van der Waals surface area (Å²) in [5.74, 6) is -1.01. The molecule has 5 nitrogen and oxygen atoms in total. The third-order valence-corrected chi connectivity index (χ3v) is 5.20. The summed E-state index contributed by atoms with van der Waals surface area (Å²) in [5, 5.41) is 10.00. The van der Waals surface area contributed by atoms with Crippen molar-refractivity contribution in [1.29, 1.82) is 0 Å². The summed E-state index contributed by atoms with van der Waals surface area (Å²) in [6, 6.07) is 0. The highest BCUT2D eigenvalue weighted by atomic mass is 16.5. The first kappa shape index (κ1) is 23.9. The predicted molar refractivity (Wildman–Crippen MR) is 101 cm³/mol. The molecule has 0 fully saturated rings. The molecule has 0 bridgehead atoms. The minimum Gasteiger partial charge on any atom is -0.479 e. The van der Waals surface area contributed by atoms with Gasteiger partial charge in [-0.1, -0.05) is 79.1 Å². The Morgan fingerprint density at radius 1 is 0.960 bits per heavy atom. The Bertz CT molecular complexity index is 366. The summed E-state index contributed by atoms with van der Waals surface area (Å²) >= 11 is 0. The molecule has 0 aliphatic heterocycles. The average Bonchev–Trinajstić information content (AvgIpc) is 2.59. The SMILES string of the molecule is CCCCC(CC)CC(CC(CC)CCCC)(OCC(N)=O)C(=O)O. The van der Waals surface area contributed by atoms with E-state index >= 15 is 0 Å². The molecule has 0 spiro atoms. The summed E-state index contributed by atoms with van der Waals surface area (Å²) < 4.78 is 5.70. The van der Waals surface area contributed by atoms with Gasteiger partial charge in [0.05, 0.1) is 0 Å². The maximum atomic E-state index is 12.2. The van der Waals surface area contributed by atoms with Crippen molar-refractivity contribution in [3.8, 4) is 0 Å². The number of carbonyl (C=O) groups is 2. The topological polar surface area (TPSA) is 89.6 Å². The van der Waals surface area contributed by atoms with Crippen molar-refractivity contribution in [2.45, 2.75) is 97.5 Å². The van der Waals surface area contributed by atoms with Crippen LogP contribution < -0.4 is 5.73 Å². The van der Waals surface area contributed by atoms with Crippen LogP contribution >= 0.6 is 0 Å². The molecule has 0 aliphatic carbocycles. The number of hydrogen-bond acceptors (Lipinski definition) is 3. The van der Waals surface area contributed by atoms with Crippen LogP contribution in [0.5, 0.6) is 0 Å². The molecular formula is C20H39NO4. The number of hydrogen-bond donors (Lipinski definition) is 2. The van der Waals surface area contributed by atoms with E-state index in [1.54, 1.807) is 0 Å². The number of nitrogens with two attached hydrogens (primary N) is 1. The molecule has 0 saturated carbocycles. The maximum absolute atomic E-state index is 12.2. The van der Waals surface area contributed by atoms with Crippen LogP contribution in [0.4, 0.5) is 0 Å². The molecule has 0 saturated heterocycles. The molecule has 5 heteroatoms. The molecule has 2 atom stereocenters. The van der Waals surface area contributed by atoms with Crippen LogP contribution in [0.1, 0.15) is 91.9 Å². The molecule has 0 radical (unpaired) electrons. The van der Waals surface area contributed by atoms with E-state index in [0.29, 0.717) is 12.8 Å². The zero-order chi connectivity index (χ0) is 19.3. The van der Waals surface area contributed by atoms with Gasteiger partial charge in [0, 0.05) is 0 Å². The van der Waals surface area contributed by atoms with Crippen LogP contribution in [-0.4, -0.2) is 29.2 Å². The van der Waals surface area contributed by atoms with Crippen molar-refractivity contribution >= 4 is 11.9 Å². The van der Waals surface area contributed by atoms with E-state index < -0.39 is 17.5 Å². The molecule has 0 rings (SSSR count). The fraction of sp³-hybridized carbons (Fsp3) is 0.900. The first-order chi connectivity index (χ1) is 11.8. The largest absolute Gasteiger partial charge is 0.479 e. The number of carboxylic acids is 1. The van der Waals surface area contributed by atoms with Crippen LogP contribution in [0, 0.1) is 11.8 Å². The Labute approximate surface area is 153 Å². The lowest BCUT2D eigenvalue weighted by atomic mass is 9.78. The quantitative estimate of drug-likeness (QED) is 0.425. The second-order valence-electron chi connectivity index (χ2n) is 7.30. The van der Waals surface area contributed by atoms with Crippen molar-refractivity contribution in [2.24, 2.45) is 17.6 Å². The Morgan fingerprint density at radius 2 is 1.40 bits per heavy atom. The second kappa shape index (κ2) is 13.2. The number of rotatable bonds is 16. The highest BCUT2D eigenvalue weighted by Gasteiger charge is 2.43. The highest BCUT2D eigenvalue weighted by molar-refractivity contribution is 5.79. The van der Waals surface area contributed by atoms with E-state index in [0.717, 1.165) is 51.4 Å². The van der Waals surface area contributed by atoms with E-state index in [4.69, 9.17) is 10.5 Å². The van der Waals surface area contributed by atoms with Gasteiger partial charge < -0.3 is 15.6 Å². The van der Waals surface area contributed by atoms with Gasteiger partial charge in [0.15, 0.2) is 5.60 Å². The van der Waals surface area contributed by atoms with Crippen molar-refractivity contribution < 1.29 is 19.4 Å². The van der Waals surface area contributed by atoms with Crippen molar-refractivity contribution in [3.63, 3.8) is 0 Å². The van der Waals surface area contributed by atoms with Gasteiger partial charge in [-0.15, -0.1) is 0 Å². The number of ether oxygens (including phenoxy) is 1. The molecule has 148 valence electrons. The van der Waals surface area contributed by atoms with Gasteiger partial charge in [-0.3, -0.25) is 4.79 Å². The third kappa shape index (κ3) is 9.24. The first-order valence-corrected chi connectivity index (χ1v) is 10.0. The molecule has 2 unspecified atom stereocenters. The molecule has 3 N–H and O–H groups in total. The molecule has 0 aromatic rings. The van der Waals surface area contributed by atoms with E-state index in [2.05, 4.69) is 27.7 Å².